The van der Waals surface area contributed by atoms with Gasteiger partial charge in [-0.15, -0.1) is 0 Å². The Balaban J connectivity index is 2.79. The molecule has 0 radical (unpaired) electrons. The van der Waals surface area contributed by atoms with Crippen LogP contribution in [0.25, 0.3) is 0 Å². The van der Waals surface area contributed by atoms with E-state index in [0.29, 0.717) is 13.0 Å². The molecule has 1 unspecified atom stereocenters. The summed E-state index contributed by atoms with van der Waals surface area (Å²) < 4.78 is 9.97. The first-order valence-electron chi connectivity index (χ1n) is 6.76. The summed E-state index contributed by atoms with van der Waals surface area (Å²) in [5, 5.41) is 0. The Morgan fingerprint density at radius 1 is 1.35 bits per heavy atom. The Hall–Kier alpha value is -1.59. The van der Waals surface area contributed by atoms with Crippen molar-refractivity contribution in [2.45, 2.75) is 46.1 Å². The molecule has 1 fully saturated rings. The third-order valence-corrected chi connectivity index (χ3v) is 3.51. The van der Waals surface area contributed by atoms with Gasteiger partial charge in [0, 0.05) is 6.54 Å². The van der Waals surface area contributed by atoms with Gasteiger partial charge in [-0.3, -0.25) is 9.59 Å². The first-order chi connectivity index (χ1) is 9.16. The van der Waals surface area contributed by atoms with Crippen molar-refractivity contribution < 1.29 is 23.9 Å². The third kappa shape index (κ3) is 3.29. The van der Waals surface area contributed by atoms with Gasteiger partial charge in [-0.05, 0) is 33.6 Å². The zero-order valence-corrected chi connectivity index (χ0v) is 12.8. The van der Waals surface area contributed by atoms with Crippen LogP contribution in [-0.2, 0) is 19.1 Å². The number of nitrogens with zero attached hydrogens (tertiary/aromatic N) is 1. The van der Waals surface area contributed by atoms with Gasteiger partial charge in [0.2, 0.25) is 0 Å². The maximum atomic E-state index is 12.3. The van der Waals surface area contributed by atoms with Crippen molar-refractivity contribution in [3.8, 4) is 0 Å². The zero-order chi connectivity index (χ0) is 15.6. The van der Waals surface area contributed by atoms with Gasteiger partial charge in [0.05, 0.1) is 13.7 Å². The maximum absolute atomic E-state index is 12.3. The number of ketones is 1. The van der Waals surface area contributed by atoms with E-state index in [-0.39, 0.29) is 18.7 Å². The van der Waals surface area contributed by atoms with Gasteiger partial charge >= 0.3 is 12.1 Å². The van der Waals surface area contributed by atoms with Crippen LogP contribution < -0.4 is 0 Å². The predicted molar refractivity (Wildman–Crippen MR) is 72.2 cm³/mol. The molecule has 0 bridgehead atoms. The van der Waals surface area contributed by atoms with E-state index in [1.54, 1.807) is 27.7 Å². The molecule has 6 heteroatoms. The predicted octanol–water partition coefficient (Wildman–Crippen LogP) is 1.77. The minimum absolute atomic E-state index is 0.113. The van der Waals surface area contributed by atoms with Gasteiger partial charge in [-0.2, -0.15) is 0 Å². The highest BCUT2D eigenvalue weighted by Crippen LogP contribution is 2.33. The summed E-state index contributed by atoms with van der Waals surface area (Å²) in [4.78, 5) is 37.4. The van der Waals surface area contributed by atoms with Crippen molar-refractivity contribution in [3.63, 3.8) is 0 Å². The standard InChI is InChI=1S/C14H23NO5/c1-6-14(11(17)19-5)7-8-15(9-10(14)16)12(18)20-13(2,3)4/h6-9H2,1-5H3. The lowest BCUT2D eigenvalue weighted by molar-refractivity contribution is -0.161. The first-order valence-corrected chi connectivity index (χ1v) is 6.76. The number of hydrogen-bond donors (Lipinski definition) is 0. The second-order valence-electron chi connectivity index (χ2n) is 6.00. The molecule has 0 aromatic rings. The van der Waals surface area contributed by atoms with Crippen molar-refractivity contribution in [3.05, 3.63) is 0 Å². The van der Waals surface area contributed by atoms with E-state index in [2.05, 4.69) is 0 Å². The van der Waals surface area contributed by atoms with Gasteiger partial charge in [-0.25, -0.2) is 4.79 Å². The Kier molecular flexibility index (Phi) is 4.78. The number of piperidine rings is 1. The maximum Gasteiger partial charge on any atom is 0.410 e. The topological polar surface area (TPSA) is 72.9 Å². The summed E-state index contributed by atoms with van der Waals surface area (Å²) in [7, 11) is 1.27. The van der Waals surface area contributed by atoms with E-state index in [9.17, 15) is 14.4 Å². The molecule has 1 amide bonds. The number of carbonyl (C=O) groups excluding carboxylic acids is 3. The van der Waals surface area contributed by atoms with E-state index in [0.717, 1.165) is 0 Å². The lowest BCUT2D eigenvalue weighted by Gasteiger charge is -2.38. The highest BCUT2D eigenvalue weighted by molar-refractivity contribution is 6.06. The fraction of sp³-hybridized carbons (Fsp3) is 0.786. The number of amides is 1. The van der Waals surface area contributed by atoms with Crippen LogP contribution in [0.1, 0.15) is 40.5 Å². The molecule has 1 heterocycles. The van der Waals surface area contributed by atoms with E-state index in [1.807, 2.05) is 0 Å². The fourth-order valence-electron chi connectivity index (χ4n) is 2.28. The number of esters is 1. The molecule has 0 saturated carbocycles. The van der Waals surface area contributed by atoms with Crippen LogP contribution in [0.3, 0.4) is 0 Å². The summed E-state index contributed by atoms with van der Waals surface area (Å²) >= 11 is 0. The van der Waals surface area contributed by atoms with Gasteiger partial charge in [0.25, 0.3) is 0 Å². The highest BCUT2D eigenvalue weighted by Gasteiger charge is 2.49. The molecular weight excluding hydrogens is 262 g/mol. The van der Waals surface area contributed by atoms with Crippen molar-refractivity contribution in [1.82, 2.24) is 4.90 Å². The van der Waals surface area contributed by atoms with Gasteiger partial charge < -0.3 is 14.4 Å². The molecule has 0 aromatic carbocycles. The lowest BCUT2D eigenvalue weighted by Crippen LogP contribution is -2.54. The number of Topliss-reactive ketones (excluding diaryl/α,β-unsaturated/α-hetero) is 1. The minimum atomic E-state index is -1.12. The zero-order valence-electron chi connectivity index (χ0n) is 12.8. The average Bonchev–Trinajstić information content (AvgIpc) is 2.36. The van der Waals surface area contributed by atoms with Crippen LogP contribution in [0.5, 0.6) is 0 Å². The number of hydrogen-bond acceptors (Lipinski definition) is 5. The summed E-state index contributed by atoms with van der Waals surface area (Å²) in [5.74, 6) is -0.808. The number of likely N-dealkylation sites (tertiary alicyclic amines) is 1. The van der Waals surface area contributed by atoms with Crippen LogP contribution >= 0.6 is 0 Å². The summed E-state index contributed by atoms with van der Waals surface area (Å²) in [6, 6.07) is 0. The van der Waals surface area contributed by atoms with Crippen LogP contribution in [0.2, 0.25) is 0 Å². The first kappa shape index (κ1) is 16.5. The molecule has 1 aliphatic heterocycles. The van der Waals surface area contributed by atoms with E-state index < -0.39 is 23.1 Å². The SMILES string of the molecule is CCC1(C(=O)OC)CCN(C(=O)OC(C)(C)C)CC1=O. The van der Waals surface area contributed by atoms with E-state index in [1.165, 1.54) is 12.0 Å². The lowest BCUT2D eigenvalue weighted by atomic mass is 9.75. The Morgan fingerprint density at radius 3 is 2.35 bits per heavy atom. The molecule has 0 N–H and O–H groups in total. The molecule has 1 rings (SSSR count). The number of ether oxygens (including phenoxy) is 2. The molecular formula is C14H23NO5. The quantitative estimate of drug-likeness (QED) is 0.571. The Bertz CT molecular complexity index is 412. The second kappa shape index (κ2) is 5.81. The van der Waals surface area contributed by atoms with Crippen molar-refractivity contribution in [2.75, 3.05) is 20.2 Å². The minimum Gasteiger partial charge on any atom is -0.468 e. The molecule has 1 saturated heterocycles. The molecule has 0 aliphatic carbocycles. The van der Waals surface area contributed by atoms with Crippen molar-refractivity contribution in [1.29, 1.82) is 0 Å². The Morgan fingerprint density at radius 2 is 1.95 bits per heavy atom. The largest absolute Gasteiger partial charge is 0.468 e. The van der Waals surface area contributed by atoms with Crippen molar-refractivity contribution >= 4 is 17.8 Å². The highest BCUT2D eigenvalue weighted by atomic mass is 16.6. The molecule has 6 nitrogen and oxygen atoms in total. The van der Waals surface area contributed by atoms with Crippen LogP contribution in [-0.4, -0.2) is 48.5 Å². The normalized spacial score (nSPS) is 23.4. The van der Waals surface area contributed by atoms with Gasteiger partial charge in [0.15, 0.2) is 5.78 Å². The smallest absolute Gasteiger partial charge is 0.410 e. The summed E-state index contributed by atoms with van der Waals surface area (Å²) in [6.45, 7) is 7.27. The Labute approximate surface area is 119 Å². The van der Waals surface area contributed by atoms with E-state index in [4.69, 9.17) is 9.47 Å². The van der Waals surface area contributed by atoms with Crippen LogP contribution in [0, 0.1) is 5.41 Å². The molecule has 1 aliphatic rings. The second-order valence-corrected chi connectivity index (χ2v) is 6.00. The number of carbonyl (C=O) groups is 3. The summed E-state index contributed by atoms with van der Waals surface area (Å²) in [5.41, 5.74) is -1.73. The number of rotatable bonds is 2. The number of methoxy groups -OCH3 is 1. The molecule has 20 heavy (non-hydrogen) atoms. The van der Waals surface area contributed by atoms with Crippen LogP contribution in [0.4, 0.5) is 4.79 Å². The molecule has 0 aromatic heterocycles. The van der Waals surface area contributed by atoms with Crippen molar-refractivity contribution in [2.24, 2.45) is 5.41 Å². The fourth-order valence-corrected chi connectivity index (χ4v) is 2.28. The van der Waals surface area contributed by atoms with Crippen LogP contribution in [0.15, 0.2) is 0 Å². The van der Waals surface area contributed by atoms with Gasteiger partial charge in [-0.1, -0.05) is 6.92 Å². The summed E-state index contributed by atoms with van der Waals surface area (Å²) in [6.07, 6.45) is 0.120. The molecule has 0 spiro atoms. The monoisotopic (exact) mass is 285 g/mol. The average molecular weight is 285 g/mol. The van der Waals surface area contributed by atoms with Gasteiger partial charge in [0.1, 0.15) is 11.0 Å². The molecule has 114 valence electrons. The van der Waals surface area contributed by atoms with E-state index >= 15 is 0 Å². The third-order valence-electron chi connectivity index (χ3n) is 3.51. The molecule has 1 atom stereocenters.